The van der Waals surface area contributed by atoms with Crippen molar-refractivity contribution < 1.29 is 0 Å². The lowest BCUT2D eigenvalue weighted by molar-refractivity contribution is 0.441. The number of rotatable bonds is 4. The third-order valence-corrected chi connectivity index (χ3v) is 3.09. The molecule has 0 fully saturated rings. The van der Waals surface area contributed by atoms with E-state index in [9.17, 15) is 0 Å². The first-order valence-electron chi connectivity index (χ1n) is 4.84. The van der Waals surface area contributed by atoms with Crippen molar-refractivity contribution >= 4 is 11.6 Å². The SMILES string of the molecule is CCC(C)(CCCl)c1ccccc1. The monoisotopic (exact) mass is 196 g/mol. The van der Waals surface area contributed by atoms with E-state index in [1.165, 1.54) is 5.56 Å². The van der Waals surface area contributed by atoms with Gasteiger partial charge in [0.05, 0.1) is 0 Å². The molecule has 0 spiro atoms. The Labute approximate surface area is 85.9 Å². The molecule has 0 N–H and O–H groups in total. The Morgan fingerprint density at radius 1 is 1.23 bits per heavy atom. The minimum atomic E-state index is 0.253. The lowest BCUT2D eigenvalue weighted by Gasteiger charge is -2.27. The topological polar surface area (TPSA) is 0 Å². The molecule has 0 bridgehead atoms. The van der Waals surface area contributed by atoms with Crippen molar-refractivity contribution in [2.75, 3.05) is 5.88 Å². The standard InChI is InChI=1S/C12H17Cl/c1-3-12(2,9-10-13)11-7-5-4-6-8-11/h4-8H,3,9-10H2,1-2H3. The normalized spacial score (nSPS) is 15.3. The number of hydrogen-bond donors (Lipinski definition) is 0. The van der Waals surface area contributed by atoms with Crippen LogP contribution in [0.3, 0.4) is 0 Å². The van der Waals surface area contributed by atoms with E-state index in [1.807, 2.05) is 0 Å². The maximum atomic E-state index is 5.81. The Kier molecular flexibility index (Phi) is 3.80. The minimum absolute atomic E-state index is 0.253. The van der Waals surface area contributed by atoms with Gasteiger partial charge in [-0.25, -0.2) is 0 Å². The molecular weight excluding hydrogens is 180 g/mol. The van der Waals surface area contributed by atoms with Crippen molar-refractivity contribution in [1.29, 1.82) is 0 Å². The van der Waals surface area contributed by atoms with Crippen LogP contribution in [-0.2, 0) is 5.41 Å². The van der Waals surface area contributed by atoms with Crippen molar-refractivity contribution in [2.45, 2.75) is 32.1 Å². The highest BCUT2D eigenvalue weighted by Gasteiger charge is 2.22. The fraction of sp³-hybridized carbons (Fsp3) is 0.500. The molecule has 72 valence electrons. The summed E-state index contributed by atoms with van der Waals surface area (Å²) in [4.78, 5) is 0. The van der Waals surface area contributed by atoms with Gasteiger partial charge in [-0.05, 0) is 23.8 Å². The minimum Gasteiger partial charge on any atom is -0.127 e. The van der Waals surface area contributed by atoms with Crippen LogP contribution < -0.4 is 0 Å². The van der Waals surface area contributed by atoms with Crippen molar-refractivity contribution in [3.63, 3.8) is 0 Å². The lowest BCUT2D eigenvalue weighted by atomic mass is 9.78. The van der Waals surface area contributed by atoms with Gasteiger partial charge in [0.15, 0.2) is 0 Å². The first-order chi connectivity index (χ1) is 6.23. The molecule has 0 aromatic heterocycles. The Balaban J connectivity index is 2.89. The zero-order chi connectivity index (χ0) is 9.73. The van der Waals surface area contributed by atoms with E-state index in [4.69, 9.17) is 11.6 Å². The van der Waals surface area contributed by atoms with Crippen LogP contribution in [0.4, 0.5) is 0 Å². The zero-order valence-corrected chi connectivity index (χ0v) is 9.14. The summed E-state index contributed by atoms with van der Waals surface area (Å²) in [5, 5.41) is 0. The highest BCUT2D eigenvalue weighted by Crippen LogP contribution is 2.31. The van der Waals surface area contributed by atoms with Crippen molar-refractivity contribution in [3.8, 4) is 0 Å². The van der Waals surface area contributed by atoms with E-state index in [-0.39, 0.29) is 5.41 Å². The van der Waals surface area contributed by atoms with Crippen molar-refractivity contribution in [1.82, 2.24) is 0 Å². The Morgan fingerprint density at radius 2 is 1.85 bits per heavy atom. The van der Waals surface area contributed by atoms with Gasteiger partial charge in [-0.2, -0.15) is 0 Å². The Hall–Kier alpha value is -0.490. The maximum absolute atomic E-state index is 5.81. The summed E-state index contributed by atoms with van der Waals surface area (Å²) in [6.45, 7) is 4.50. The predicted molar refractivity (Wildman–Crippen MR) is 59.4 cm³/mol. The molecule has 0 aliphatic carbocycles. The van der Waals surface area contributed by atoms with E-state index in [2.05, 4.69) is 44.2 Å². The molecular formula is C12H17Cl. The van der Waals surface area contributed by atoms with E-state index < -0.39 is 0 Å². The van der Waals surface area contributed by atoms with Crippen LogP contribution >= 0.6 is 11.6 Å². The number of benzene rings is 1. The maximum Gasteiger partial charge on any atom is 0.0231 e. The molecule has 1 heteroatoms. The molecule has 0 amide bonds. The van der Waals surface area contributed by atoms with Crippen LogP contribution in [0.1, 0.15) is 32.3 Å². The van der Waals surface area contributed by atoms with Gasteiger partial charge >= 0.3 is 0 Å². The second kappa shape index (κ2) is 4.66. The summed E-state index contributed by atoms with van der Waals surface area (Å²) in [6.07, 6.45) is 2.19. The van der Waals surface area contributed by atoms with Gasteiger partial charge in [0.1, 0.15) is 0 Å². The number of hydrogen-bond acceptors (Lipinski definition) is 0. The molecule has 13 heavy (non-hydrogen) atoms. The van der Waals surface area contributed by atoms with Crippen LogP contribution in [-0.4, -0.2) is 5.88 Å². The van der Waals surface area contributed by atoms with Crippen LogP contribution in [0, 0.1) is 0 Å². The molecule has 1 atom stereocenters. The molecule has 0 aliphatic rings. The average Bonchev–Trinajstić information content (AvgIpc) is 2.19. The third-order valence-electron chi connectivity index (χ3n) is 2.90. The van der Waals surface area contributed by atoms with E-state index in [0.29, 0.717) is 0 Å². The zero-order valence-electron chi connectivity index (χ0n) is 8.39. The average molecular weight is 197 g/mol. The molecule has 1 rings (SSSR count). The van der Waals surface area contributed by atoms with Gasteiger partial charge in [0.25, 0.3) is 0 Å². The first kappa shape index (κ1) is 10.6. The van der Waals surface area contributed by atoms with Crippen LogP contribution in [0.2, 0.25) is 0 Å². The molecule has 0 saturated carbocycles. The molecule has 0 nitrogen and oxygen atoms in total. The molecule has 1 unspecified atom stereocenters. The van der Waals surface area contributed by atoms with Crippen LogP contribution in [0.5, 0.6) is 0 Å². The molecule has 1 aromatic carbocycles. The summed E-state index contributed by atoms with van der Waals surface area (Å²) in [6, 6.07) is 10.6. The second-order valence-corrected chi connectivity index (χ2v) is 4.10. The van der Waals surface area contributed by atoms with E-state index >= 15 is 0 Å². The molecule has 0 saturated heterocycles. The smallest absolute Gasteiger partial charge is 0.0231 e. The largest absolute Gasteiger partial charge is 0.127 e. The summed E-state index contributed by atoms with van der Waals surface area (Å²) in [5.74, 6) is 0.735. The predicted octanol–water partition coefficient (Wildman–Crippen LogP) is 3.98. The molecule has 0 radical (unpaired) electrons. The van der Waals surface area contributed by atoms with Gasteiger partial charge in [0.2, 0.25) is 0 Å². The summed E-state index contributed by atoms with van der Waals surface area (Å²) in [5.41, 5.74) is 1.65. The van der Waals surface area contributed by atoms with Crippen molar-refractivity contribution in [2.24, 2.45) is 0 Å². The van der Waals surface area contributed by atoms with E-state index in [0.717, 1.165) is 18.7 Å². The highest BCUT2D eigenvalue weighted by atomic mass is 35.5. The van der Waals surface area contributed by atoms with Crippen LogP contribution in [0.25, 0.3) is 0 Å². The molecule has 0 heterocycles. The quantitative estimate of drug-likeness (QED) is 0.639. The molecule has 0 aliphatic heterocycles. The van der Waals surface area contributed by atoms with Crippen LogP contribution in [0.15, 0.2) is 30.3 Å². The van der Waals surface area contributed by atoms with Gasteiger partial charge in [0, 0.05) is 5.88 Å². The number of halogens is 1. The summed E-state index contributed by atoms with van der Waals surface area (Å²) in [7, 11) is 0. The second-order valence-electron chi connectivity index (χ2n) is 3.72. The van der Waals surface area contributed by atoms with Crippen molar-refractivity contribution in [3.05, 3.63) is 35.9 Å². The van der Waals surface area contributed by atoms with Gasteiger partial charge in [-0.1, -0.05) is 44.2 Å². The van der Waals surface area contributed by atoms with Gasteiger partial charge in [-0.3, -0.25) is 0 Å². The first-order valence-corrected chi connectivity index (χ1v) is 5.38. The number of alkyl halides is 1. The summed E-state index contributed by atoms with van der Waals surface area (Å²) >= 11 is 5.81. The summed E-state index contributed by atoms with van der Waals surface area (Å²) < 4.78 is 0. The Bertz CT molecular complexity index is 243. The van der Waals surface area contributed by atoms with E-state index in [1.54, 1.807) is 0 Å². The lowest BCUT2D eigenvalue weighted by Crippen LogP contribution is -2.21. The fourth-order valence-electron chi connectivity index (χ4n) is 1.57. The Morgan fingerprint density at radius 3 is 2.31 bits per heavy atom. The fourth-order valence-corrected chi connectivity index (χ4v) is 1.99. The highest BCUT2D eigenvalue weighted by molar-refractivity contribution is 6.17. The van der Waals surface area contributed by atoms with Gasteiger partial charge in [-0.15, -0.1) is 11.6 Å². The molecule has 1 aromatic rings. The third kappa shape index (κ3) is 2.47. The van der Waals surface area contributed by atoms with Gasteiger partial charge < -0.3 is 0 Å².